The average molecular weight is 284 g/mol. The molecule has 1 aliphatic rings. The molecular weight excluding hydrogens is 264 g/mol. The number of carbonyl (C=O) groups is 1. The minimum atomic E-state index is -0.260. The van der Waals surface area contributed by atoms with Gasteiger partial charge < -0.3 is 14.8 Å². The summed E-state index contributed by atoms with van der Waals surface area (Å²) in [6.07, 6.45) is 2.17. The molecule has 0 amide bonds. The number of thiazole rings is 1. The van der Waals surface area contributed by atoms with Gasteiger partial charge in [-0.25, -0.2) is 4.98 Å². The number of anilines is 1. The van der Waals surface area contributed by atoms with Crippen LogP contribution in [0.3, 0.4) is 0 Å². The van der Waals surface area contributed by atoms with E-state index in [1.165, 1.54) is 18.4 Å². The number of rotatable bonds is 4. The third kappa shape index (κ3) is 4.18. The van der Waals surface area contributed by atoms with E-state index in [0.29, 0.717) is 6.04 Å². The normalized spacial score (nSPS) is 21.9. The molecular formula is C13H20N2O3S. The lowest BCUT2D eigenvalue weighted by molar-refractivity contribution is -0.139. The van der Waals surface area contributed by atoms with E-state index in [2.05, 4.69) is 28.9 Å². The molecule has 0 bridgehead atoms. The number of ether oxygens (including phenoxy) is 2. The first kappa shape index (κ1) is 14.3. The van der Waals surface area contributed by atoms with Gasteiger partial charge in [0.05, 0.1) is 24.8 Å². The Labute approximate surface area is 117 Å². The maximum absolute atomic E-state index is 11.2. The summed E-state index contributed by atoms with van der Waals surface area (Å²) in [6, 6.07) is 0.376. The molecule has 1 atom stereocenters. The van der Waals surface area contributed by atoms with Gasteiger partial charge in [0, 0.05) is 18.0 Å². The lowest BCUT2D eigenvalue weighted by Crippen LogP contribution is -2.40. The average Bonchev–Trinajstić information content (AvgIpc) is 2.75. The summed E-state index contributed by atoms with van der Waals surface area (Å²) in [5.41, 5.74) is 0.674. The van der Waals surface area contributed by atoms with E-state index in [1.54, 1.807) is 0 Å². The van der Waals surface area contributed by atoms with Crippen molar-refractivity contribution in [3.8, 4) is 0 Å². The second kappa shape index (κ2) is 5.88. The number of nitrogens with zero attached hydrogens (tertiary/aromatic N) is 1. The Hall–Kier alpha value is -1.14. The second-order valence-electron chi connectivity index (χ2n) is 5.34. The lowest BCUT2D eigenvalue weighted by Gasteiger charge is -2.35. The van der Waals surface area contributed by atoms with Crippen LogP contribution in [-0.2, 0) is 20.7 Å². The van der Waals surface area contributed by atoms with Crippen molar-refractivity contribution in [1.82, 2.24) is 4.98 Å². The van der Waals surface area contributed by atoms with Gasteiger partial charge in [-0.15, -0.1) is 11.3 Å². The predicted molar refractivity (Wildman–Crippen MR) is 74.5 cm³/mol. The maximum atomic E-state index is 11.2. The molecule has 1 aromatic rings. The standard InChI is InChI=1S/C13H20N2O3S/c1-13(2)7-9(4-5-18-13)14-12-15-10(8-19-12)6-11(16)17-3/h8-9H,4-7H2,1-3H3,(H,14,15). The fraction of sp³-hybridized carbons (Fsp3) is 0.692. The molecule has 1 aromatic heterocycles. The van der Waals surface area contributed by atoms with E-state index in [-0.39, 0.29) is 18.0 Å². The first-order valence-corrected chi connectivity index (χ1v) is 7.28. The molecule has 106 valence electrons. The van der Waals surface area contributed by atoms with Crippen molar-refractivity contribution in [2.24, 2.45) is 0 Å². The van der Waals surface area contributed by atoms with Crippen molar-refractivity contribution in [2.75, 3.05) is 19.0 Å². The van der Waals surface area contributed by atoms with Gasteiger partial charge in [-0.2, -0.15) is 0 Å². The topological polar surface area (TPSA) is 60.5 Å². The highest BCUT2D eigenvalue weighted by molar-refractivity contribution is 7.13. The van der Waals surface area contributed by atoms with Crippen molar-refractivity contribution in [1.29, 1.82) is 0 Å². The zero-order valence-corrected chi connectivity index (χ0v) is 12.4. The van der Waals surface area contributed by atoms with Gasteiger partial charge in [-0.3, -0.25) is 4.79 Å². The monoisotopic (exact) mass is 284 g/mol. The van der Waals surface area contributed by atoms with Gasteiger partial charge in [-0.05, 0) is 26.7 Å². The van der Waals surface area contributed by atoms with Crippen LogP contribution in [-0.4, -0.2) is 36.3 Å². The second-order valence-corrected chi connectivity index (χ2v) is 6.20. The molecule has 0 spiro atoms. The summed E-state index contributed by atoms with van der Waals surface area (Å²) >= 11 is 1.52. The third-order valence-electron chi connectivity index (χ3n) is 3.13. The smallest absolute Gasteiger partial charge is 0.311 e. The van der Waals surface area contributed by atoms with Crippen LogP contribution in [0.25, 0.3) is 0 Å². The zero-order valence-electron chi connectivity index (χ0n) is 11.6. The molecule has 2 rings (SSSR count). The van der Waals surface area contributed by atoms with Gasteiger partial charge in [0.1, 0.15) is 0 Å². The van der Waals surface area contributed by atoms with Crippen molar-refractivity contribution in [2.45, 2.75) is 44.8 Å². The number of hydrogen-bond acceptors (Lipinski definition) is 6. The van der Waals surface area contributed by atoms with E-state index in [0.717, 1.165) is 30.3 Å². The van der Waals surface area contributed by atoms with Crippen LogP contribution in [0.1, 0.15) is 32.4 Å². The number of carbonyl (C=O) groups excluding carboxylic acids is 1. The van der Waals surface area contributed by atoms with Crippen LogP contribution in [0.2, 0.25) is 0 Å². The molecule has 1 aliphatic heterocycles. The zero-order chi connectivity index (χ0) is 13.9. The number of aromatic nitrogens is 1. The summed E-state index contributed by atoms with van der Waals surface area (Å²) < 4.78 is 10.3. The highest BCUT2D eigenvalue weighted by Crippen LogP contribution is 2.27. The summed E-state index contributed by atoms with van der Waals surface area (Å²) in [5.74, 6) is -0.260. The molecule has 1 N–H and O–H groups in total. The highest BCUT2D eigenvalue weighted by atomic mass is 32.1. The van der Waals surface area contributed by atoms with Crippen LogP contribution < -0.4 is 5.32 Å². The van der Waals surface area contributed by atoms with Gasteiger partial charge in [0.25, 0.3) is 0 Å². The molecule has 5 nitrogen and oxygen atoms in total. The Morgan fingerprint density at radius 1 is 1.68 bits per heavy atom. The molecule has 2 heterocycles. The fourth-order valence-corrected chi connectivity index (χ4v) is 2.99. The molecule has 1 saturated heterocycles. The van der Waals surface area contributed by atoms with Crippen molar-refractivity contribution < 1.29 is 14.3 Å². The van der Waals surface area contributed by atoms with Crippen LogP contribution in [0.4, 0.5) is 5.13 Å². The summed E-state index contributed by atoms with van der Waals surface area (Å²) in [4.78, 5) is 15.6. The van der Waals surface area contributed by atoms with Gasteiger partial charge in [0.2, 0.25) is 0 Å². The predicted octanol–water partition coefficient (Wildman–Crippen LogP) is 2.23. The van der Waals surface area contributed by atoms with Crippen molar-refractivity contribution >= 4 is 22.4 Å². The summed E-state index contributed by atoms with van der Waals surface area (Å²) in [6.45, 7) is 4.97. The molecule has 0 aromatic carbocycles. The molecule has 1 fully saturated rings. The Balaban J connectivity index is 1.91. The van der Waals surface area contributed by atoms with E-state index < -0.39 is 0 Å². The molecule has 6 heteroatoms. The number of esters is 1. The highest BCUT2D eigenvalue weighted by Gasteiger charge is 2.29. The molecule has 0 radical (unpaired) electrons. The van der Waals surface area contributed by atoms with Gasteiger partial charge in [-0.1, -0.05) is 0 Å². The number of hydrogen-bond donors (Lipinski definition) is 1. The Bertz CT molecular complexity index is 445. The van der Waals surface area contributed by atoms with E-state index >= 15 is 0 Å². The minimum Gasteiger partial charge on any atom is -0.469 e. The molecule has 19 heavy (non-hydrogen) atoms. The van der Waals surface area contributed by atoms with Gasteiger partial charge >= 0.3 is 5.97 Å². The third-order valence-corrected chi connectivity index (χ3v) is 3.95. The summed E-state index contributed by atoms with van der Waals surface area (Å²) in [7, 11) is 1.39. The quantitative estimate of drug-likeness (QED) is 0.859. The van der Waals surface area contributed by atoms with E-state index in [4.69, 9.17) is 4.74 Å². The maximum Gasteiger partial charge on any atom is 0.311 e. The van der Waals surface area contributed by atoms with Crippen LogP contribution in [0.15, 0.2) is 5.38 Å². The number of methoxy groups -OCH3 is 1. The molecule has 0 aliphatic carbocycles. The Morgan fingerprint density at radius 2 is 2.47 bits per heavy atom. The first-order valence-electron chi connectivity index (χ1n) is 6.40. The minimum absolute atomic E-state index is 0.0813. The van der Waals surface area contributed by atoms with Gasteiger partial charge in [0.15, 0.2) is 5.13 Å². The largest absolute Gasteiger partial charge is 0.469 e. The number of nitrogens with one attached hydrogen (secondary N) is 1. The Morgan fingerprint density at radius 3 is 3.16 bits per heavy atom. The van der Waals surface area contributed by atoms with Crippen LogP contribution in [0.5, 0.6) is 0 Å². The molecule has 0 saturated carbocycles. The van der Waals surface area contributed by atoms with E-state index in [9.17, 15) is 4.79 Å². The van der Waals surface area contributed by atoms with Crippen LogP contribution >= 0.6 is 11.3 Å². The van der Waals surface area contributed by atoms with Crippen LogP contribution in [0, 0.1) is 0 Å². The van der Waals surface area contributed by atoms with Crippen molar-refractivity contribution in [3.05, 3.63) is 11.1 Å². The Kier molecular flexibility index (Phi) is 4.42. The van der Waals surface area contributed by atoms with E-state index in [1.807, 2.05) is 5.38 Å². The molecule has 1 unspecified atom stereocenters. The fourth-order valence-electron chi connectivity index (χ4n) is 2.20. The summed E-state index contributed by atoms with van der Waals surface area (Å²) in [5, 5.41) is 6.18. The SMILES string of the molecule is COC(=O)Cc1csc(NC2CCOC(C)(C)C2)n1. The lowest BCUT2D eigenvalue weighted by atomic mass is 9.94. The van der Waals surface area contributed by atoms with Crippen molar-refractivity contribution in [3.63, 3.8) is 0 Å². The first-order chi connectivity index (χ1) is 8.98.